The third kappa shape index (κ3) is 4.30. The van der Waals surface area contributed by atoms with Crippen LogP contribution in [0.15, 0.2) is 0 Å². The predicted molar refractivity (Wildman–Crippen MR) is 52.1 cm³/mol. The molecule has 0 bridgehead atoms. The van der Waals surface area contributed by atoms with Crippen molar-refractivity contribution < 1.29 is 15.7 Å². The maximum atomic E-state index is 10.9. The molecule has 4 nitrogen and oxygen atoms in total. The lowest BCUT2D eigenvalue weighted by Gasteiger charge is -2.20. The molecule has 1 aliphatic rings. The Morgan fingerprint density at radius 2 is 2.29 bits per heavy atom. The smallest absolute Gasteiger partial charge is 0.325 e. The zero-order chi connectivity index (χ0) is 11.1. The molecular weight excluding hydrogens is 180 g/mol. The highest BCUT2D eigenvalue weighted by atomic mass is 16.5. The summed E-state index contributed by atoms with van der Waals surface area (Å²) in [6.07, 6.45) is 6.35. The summed E-state index contributed by atoms with van der Waals surface area (Å²) in [6, 6.07) is 0. The highest BCUT2D eigenvalue weighted by Gasteiger charge is 2.14. The Bertz CT molecular complexity index is 258. The van der Waals surface area contributed by atoms with E-state index in [4.69, 9.17) is 11.6 Å². The van der Waals surface area contributed by atoms with E-state index >= 15 is 0 Å². The molecule has 0 aromatic rings. The van der Waals surface area contributed by atoms with E-state index in [0.717, 1.165) is 31.9 Å². The number of ether oxygens (including phenoxy) is 1. The normalized spacial score (nSPS) is 20.7. The van der Waals surface area contributed by atoms with Crippen LogP contribution in [0.2, 0.25) is 0 Å². The quantitative estimate of drug-likeness (QED) is 0.380. The summed E-state index contributed by atoms with van der Waals surface area (Å²) >= 11 is 0. The van der Waals surface area contributed by atoms with Crippen molar-refractivity contribution in [2.24, 2.45) is 5.92 Å². The van der Waals surface area contributed by atoms with Gasteiger partial charge in [0.1, 0.15) is 6.61 Å². The van der Waals surface area contributed by atoms with Crippen LogP contribution in [0.4, 0.5) is 0 Å². The van der Waals surface area contributed by atoms with Gasteiger partial charge in [0.25, 0.3) is 5.78 Å². The topological polar surface area (TPSA) is 62.7 Å². The lowest BCUT2D eigenvalue weighted by molar-refractivity contribution is -0.120. The Labute approximate surface area is 85.3 Å². The molecule has 1 aliphatic carbocycles. The van der Waals surface area contributed by atoms with Crippen LogP contribution < -0.4 is 0 Å². The first-order valence-electron chi connectivity index (χ1n) is 5.56. The average Bonchev–Trinajstić information content (AvgIpc) is 2.27. The standard InChI is InChI=1S/C10H16N2O2/c11-12-6-10(13)8-14-7-9-4-2-1-3-5-9/h6,9H,1-5,7-8H2/i7D/t7-/m0/s1. The minimum atomic E-state index is -0.624. The molecule has 1 fully saturated rings. The van der Waals surface area contributed by atoms with Crippen LogP contribution in [0.1, 0.15) is 33.5 Å². The fourth-order valence-corrected chi connectivity index (χ4v) is 1.64. The first-order chi connectivity index (χ1) is 7.24. The zero-order valence-corrected chi connectivity index (χ0v) is 8.19. The van der Waals surface area contributed by atoms with Gasteiger partial charge in [-0.15, -0.1) is 0 Å². The van der Waals surface area contributed by atoms with Crippen molar-refractivity contribution in [3.05, 3.63) is 5.53 Å². The highest BCUT2D eigenvalue weighted by Crippen LogP contribution is 2.23. The third-order valence-corrected chi connectivity index (χ3v) is 2.37. The van der Waals surface area contributed by atoms with Crippen molar-refractivity contribution in [3.8, 4) is 0 Å². The summed E-state index contributed by atoms with van der Waals surface area (Å²) in [5.41, 5.74) is 8.10. The average molecular weight is 197 g/mol. The van der Waals surface area contributed by atoms with Crippen LogP contribution in [-0.2, 0) is 9.53 Å². The number of ketones is 1. The third-order valence-electron chi connectivity index (χ3n) is 2.37. The molecule has 14 heavy (non-hydrogen) atoms. The molecule has 0 spiro atoms. The summed E-state index contributed by atoms with van der Waals surface area (Å²) in [5.74, 6) is -0.164. The monoisotopic (exact) mass is 197 g/mol. The molecule has 0 amide bonds. The largest absolute Gasteiger partial charge is 0.373 e. The molecule has 4 heteroatoms. The van der Waals surface area contributed by atoms with E-state index in [9.17, 15) is 4.79 Å². The van der Waals surface area contributed by atoms with Gasteiger partial charge in [0.05, 0.1) is 7.95 Å². The van der Waals surface area contributed by atoms with Gasteiger partial charge in [0.15, 0.2) is 0 Å². The van der Waals surface area contributed by atoms with Crippen LogP contribution in [0.5, 0.6) is 0 Å². The maximum Gasteiger partial charge on any atom is 0.325 e. The van der Waals surface area contributed by atoms with Crippen molar-refractivity contribution in [1.29, 1.82) is 0 Å². The van der Waals surface area contributed by atoms with E-state index in [1.165, 1.54) is 6.42 Å². The fourth-order valence-electron chi connectivity index (χ4n) is 1.64. The maximum absolute atomic E-state index is 10.9. The summed E-state index contributed by atoms with van der Waals surface area (Å²) in [7, 11) is 0. The van der Waals surface area contributed by atoms with Crippen molar-refractivity contribution in [2.75, 3.05) is 13.2 Å². The lowest BCUT2D eigenvalue weighted by atomic mass is 9.90. The second-order valence-electron chi connectivity index (χ2n) is 3.56. The Morgan fingerprint density at radius 3 is 2.93 bits per heavy atom. The van der Waals surface area contributed by atoms with E-state index in [2.05, 4.69) is 4.79 Å². The Kier molecular flexibility index (Phi) is 4.41. The van der Waals surface area contributed by atoms with E-state index in [-0.39, 0.29) is 12.5 Å². The van der Waals surface area contributed by atoms with Gasteiger partial charge in [-0.05, 0) is 18.8 Å². The number of carbonyl (C=O) groups excluding carboxylic acids is 1. The summed E-state index contributed by atoms with van der Waals surface area (Å²) < 4.78 is 12.8. The summed E-state index contributed by atoms with van der Waals surface area (Å²) in [5, 5.41) is 0. The molecular formula is C10H16N2O2. The SMILES string of the molecule is [2H][C@H](OCC(=O)C=[N+]=[N-])C1CCCCC1. The Hall–Kier alpha value is -0.990. The van der Waals surface area contributed by atoms with E-state index < -0.39 is 12.4 Å². The molecule has 0 aromatic heterocycles. The van der Waals surface area contributed by atoms with E-state index in [1.807, 2.05) is 0 Å². The number of carbonyl (C=O) groups is 1. The van der Waals surface area contributed by atoms with E-state index in [1.54, 1.807) is 0 Å². The molecule has 78 valence electrons. The Morgan fingerprint density at radius 1 is 1.57 bits per heavy atom. The van der Waals surface area contributed by atoms with Crippen LogP contribution in [-0.4, -0.2) is 30.0 Å². The van der Waals surface area contributed by atoms with E-state index in [0.29, 0.717) is 0 Å². The molecule has 0 N–H and O–H groups in total. The second-order valence-corrected chi connectivity index (χ2v) is 3.56. The molecule has 0 radical (unpaired) electrons. The molecule has 0 saturated heterocycles. The van der Waals surface area contributed by atoms with Crippen molar-refractivity contribution in [3.63, 3.8) is 0 Å². The molecule has 1 atom stereocenters. The molecule has 0 aromatic carbocycles. The van der Waals surface area contributed by atoms with Crippen molar-refractivity contribution in [2.45, 2.75) is 32.1 Å². The van der Waals surface area contributed by atoms with Crippen LogP contribution >= 0.6 is 0 Å². The number of rotatable bonds is 5. The number of hydrogen-bond acceptors (Lipinski definition) is 2. The fraction of sp³-hybridized carbons (Fsp3) is 0.800. The molecule has 0 unspecified atom stereocenters. The summed E-state index contributed by atoms with van der Waals surface area (Å²) in [4.78, 5) is 13.5. The van der Waals surface area contributed by atoms with Crippen LogP contribution in [0, 0.1) is 5.92 Å². The number of nitrogens with zero attached hydrogens (tertiary/aromatic N) is 2. The zero-order valence-electron chi connectivity index (χ0n) is 9.19. The predicted octanol–water partition coefficient (Wildman–Crippen LogP) is 1.45. The first kappa shape index (κ1) is 9.56. The molecule has 1 rings (SSSR count). The molecule has 0 heterocycles. The van der Waals surface area contributed by atoms with Crippen molar-refractivity contribution >= 4 is 12.0 Å². The minimum absolute atomic E-state index is 0.172. The van der Waals surface area contributed by atoms with Gasteiger partial charge in [0.2, 0.25) is 0 Å². The number of hydrogen-bond donors (Lipinski definition) is 0. The Balaban J connectivity index is 2.25. The van der Waals surface area contributed by atoms with Gasteiger partial charge in [-0.2, -0.15) is 4.79 Å². The first-order valence-corrected chi connectivity index (χ1v) is 4.98. The highest BCUT2D eigenvalue weighted by molar-refractivity contribution is 6.25. The van der Waals surface area contributed by atoms with Gasteiger partial charge in [-0.25, -0.2) is 0 Å². The minimum Gasteiger partial charge on any atom is -0.373 e. The van der Waals surface area contributed by atoms with Gasteiger partial charge >= 0.3 is 6.21 Å². The molecule has 0 aliphatic heterocycles. The number of Topliss-reactive ketones (excluding diaryl/α,β-unsaturated/α-hetero) is 1. The van der Waals surface area contributed by atoms with Gasteiger partial charge < -0.3 is 10.3 Å². The summed E-state index contributed by atoms with van der Waals surface area (Å²) in [6.45, 7) is -0.796. The van der Waals surface area contributed by atoms with Gasteiger partial charge in [-0.3, -0.25) is 4.79 Å². The van der Waals surface area contributed by atoms with Crippen LogP contribution in [0.25, 0.3) is 5.53 Å². The van der Waals surface area contributed by atoms with Crippen LogP contribution in [0.3, 0.4) is 0 Å². The van der Waals surface area contributed by atoms with Gasteiger partial charge in [0, 0.05) is 0 Å². The lowest BCUT2D eigenvalue weighted by Crippen LogP contribution is -2.17. The molecule has 1 saturated carbocycles. The van der Waals surface area contributed by atoms with Gasteiger partial charge in [-0.1, -0.05) is 19.3 Å². The van der Waals surface area contributed by atoms with Crippen molar-refractivity contribution in [1.82, 2.24) is 0 Å². The second kappa shape index (κ2) is 6.46.